The molecule has 0 unspecified atom stereocenters. The zero-order valence-electron chi connectivity index (χ0n) is 10.3. The van der Waals surface area contributed by atoms with Gasteiger partial charge in [0.25, 0.3) is 0 Å². The van der Waals surface area contributed by atoms with Crippen LogP contribution in [0, 0.1) is 0 Å². The van der Waals surface area contributed by atoms with Gasteiger partial charge in [-0.25, -0.2) is 9.78 Å². The maximum Gasteiger partial charge on any atom is 0.415 e. The Morgan fingerprint density at radius 1 is 1.47 bits per heavy atom. The topological polar surface area (TPSA) is 68.5 Å². The van der Waals surface area contributed by atoms with Crippen molar-refractivity contribution in [2.45, 2.75) is 26.4 Å². The summed E-state index contributed by atoms with van der Waals surface area (Å²) in [4.78, 5) is 17.2. The van der Waals surface area contributed by atoms with E-state index in [0.29, 0.717) is 16.1 Å². The first-order valence-corrected chi connectivity index (χ1v) is 5.89. The molecule has 1 amide bonds. The maximum atomic E-state index is 11.8. The Balaban J connectivity index is 2.85. The summed E-state index contributed by atoms with van der Waals surface area (Å²) < 4.78 is 5.91. The minimum absolute atomic E-state index is 0.331. The van der Waals surface area contributed by atoms with E-state index in [0.717, 1.165) is 0 Å². The fourth-order valence-corrected chi connectivity index (χ4v) is 1.28. The van der Waals surface area contributed by atoms with Crippen molar-refractivity contribution in [3.63, 3.8) is 0 Å². The number of carbonyl (C=O) groups excluding carboxylic acids is 1. The van der Waals surface area contributed by atoms with Crippen LogP contribution in [0.5, 0.6) is 0 Å². The molecule has 5 nitrogen and oxygen atoms in total. The van der Waals surface area contributed by atoms with Crippen LogP contribution in [-0.4, -0.2) is 23.7 Å². The van der Waals surface area contributed by atoms with Gasteiger partial charge in [-0.15, -0.1) is 0 Å². The zero-order chi connectivity index (χ0) is 13.2. The van der Waals surface area contributed by atoms with E-state index in [1.807, 2.05) is 20.8 Å². The lowest BCUT2D eigenvalue weighted by Gasteiger charge is -2.24. The van der Waals surface area contributed by atoms with Crippen LogP contribution >= 0.6 is 15.9 Å². The van der Waals surface area contributed by atoms with E-state index >= 15 is 0 Å². The molecule has 0 atom stereocenters. The van der Waals surface area contributed by atoms with Crippen LogP contribution in [0.3, 0.4) is 0 Å². The maximum absolute atomic E-state index is 11.8. The van der Waals surface area contributed by atoms with Crippen LogP contribution in [-0.2, 0) is 4.74 Å². The second-order valence-electron chi connectivity index (χ2n) is 4.58. The molecule has 2 N–H and O–H groups in total. The van der Waals surface area contributed by atoms with E-state index < -0.39 is 11.7 Å². The number of halogens is 1. The standard InChI is InChI=1S/C11H16BrN3O2/c1-11(2,3)17-10(16)15(4)8-6-5-7(12)9(13)14-8/h5-6H,1-4H3,(H2,13,14). The summed E-state index contributed by atoms with van der Waals surface area (Å²) >= 11 is 3.24. The number of ether oxygens (including phenoxy) is 1. The van der Waals surface area contributed by atoms with Crippen molar-refractivity contribution in [3.05, 3.63) is 16.6 Å². The second kappa shape index (κ2) is 4.91. The van der Waals surface area contributed by atoms with Crippen LogP contribution in [0.1, 0.15) is 20.8 Å². The monoisotopic (exact) mass is 301 g/mol. The van der Waals surface area contributed by atoms with Crippen molar-refractivity contribution in [1.82, 2.24) is 4.98 Å². The van der Waals surface area contributed by atoms with Crippen LogP contribution in [0.4, 0.5) is 16.4 Å². The number of hydrogen-bond donors (Lipinski definition) is 1. The smallest absolute Gasteiger partial charge is 0.415 e. The van der Waals surface area contributed by atoms with Crippen molar-refractivity contribution in [1.29, 1.82) is 0 Å². The Morgan fingerprint density at radius 3 is 2.53 bits per heavy atom. The third kappa shape index (κ3) is 3.89. The predicted octanol–water partition coefficient (Wildman–Crippen LogP) is 2.80. The molecule has 0 aliphatic rings. The largest absolute Gasteiger partial charge is 0.443 e. The Kier molecular flexibility index (Phi) is 3.98. The first kappa shape index (κ1) is 13.8. The highest BCUT2D eigenvalue weighted by molar-refractivity contribution is 9.10. The molecule has 0 fully saturated rings. The van der Waals surface area contributed by atoms with E-state index in [2.05, 4.69) is 20.9 Å². The molecule has 1 aromatic heterocycles. The second-order valence-corrected chi connectivity index (χ2v) is 5.43. The number of rotatable bonds is 1. The lowest BCUT2D eigenvalue weighted by Crippen LogP contribution is -2.34. The number of hydrogen-bond acceptors (Lipinski definition) is 4. The number of anilines is 2. The number of nitrogens with zero attached hydrogens (tertiary/aromatic N) is 2. The highest BCUT2D eigenvalue weighted by Crippen LogP contribution is 2.21. The van der Waals surface area contributed by atoms with E-state index in [9.17, 15) is 4.79 Å². The zero-order valence-corrected chi connectivity index (χ0v) is 11.9. The van der Waals surface area contributed by atoms with Crippen LogP contribution in [0.15, 0.2) is 16.6 Å². The number of pyridine rings is 1. The third-order valence-corrected chi connectivity index (χ3v) is 2.54. The van der Waals surface area contributed by atoms with Gasteiger partial charge < -0.3 is 10.5 Å². The molecule has 17 heavy (non-hydrogen) atoms. The summed E-state index contributed by atoms with van der Waals surface area (Å²) in [5, 5.41) is 0. The van der Waals surface area contributed by atoms with Crippen LogP contribution < -0.4 is 10.6 Å². The van der Waals surface area contributed by atoms with Gasteiger partial charge in [-0.2, -0.15) is 0 Å². The summed E-state index contributed by atoms with van der Waals surface area (Å²) in [5.41, 5.74) is 5.11. The molecule has 0 bridgehead atoms. The Labute approximate surface area is 109 Å². The first-order valence-electron chi connectivity index (χ1n) is 5.09. The fourth-order valence-electron chi connectivity index (χ4n) is 1.06. The molecule has 94 valence electrons. The molecule has 6 heteroatoms. The molecule has 0 saturated carbocycles. The summed E-state index contributed by atoms with van der Waals surface area (Å²) in [6.07, 6.45) is -0.466. The van der Waals surface area contributed by atoms with Gasteiger partial charge in [-0.1, -0.05) is 0 Å². The van der Waals surface area contributed by atoms with Gasteiger partial charge in [0.15, 0.2) is 0 Å². The minimum atomic E-state index is -0.535. The molecule has 1 rings (SSSR count). The normalized spacial score (nSPS) is 11.1. The van der Waals surface area contributed by atoms with E-state index in [1.54, 1.807) is 19.2 Å². The Morgan fingerprint density at radius 2 is 2.06 bits per heavy atom. The van der Waals surface area contributed by atoms with Gasteiger partial charge in [0.2, 0.25) is 0 Å². The SMILES string of the molecule is CN(C(=O)OC(C)(C)C)c1ccc(Br)c(N)n1. The minimum Gasteiger partial charge on any atom is -0.443 e. The van der Waals surface area contributed by atoms with Crippen LogP contribution in [0.2, 0.25) is 0 Å². The van der Waals surface area contributed by atoms with Crippen molar-refractivity contribution < 1.29 is 9.53 Å². The summed E-state index contributed by atoms with van der Waals surface area (Å²) in [7, 11) is 1.59. The molecule has 0 radical (unpaired) electrons. The van der Waals surface area contributed by atoms with Gasteiger partial charge in [-0.05, 0) is 48.8 Å². The molecule has 0 saturated heterocycles. The number of carbonyl (C=O) groups is 1. The molecule has 1 heterocycles. The first-order chi connectivity index (χ1) is 7.70. The van der Waals surface area contributed by atoms with Crippen LogP contribution in [0.25, 0.3) is 0 Å². The third-order valence-electron chi connectivity index (χ3n) is 1.87. The van der Waals surface area contributed by atoms with E-state index in [1.165, 1.54) is 4.90 Å². The number of nitrogen functional groups attached to an aromatic ring is 1. The molecule has 0 aromatic carbocycles. The van der Waals surface area contributed by atoms with Crippen molar-refractivity contribution in [2.24, 2.45) is 0 Å². The summed E-state index contributed by atoms with van der Waals surface area (Å²) in [6.45, 7) is 5.42. The molecule has 0 aliphatic heterocycles. The Hall–Kier alpha value is -1.30. The van der Waals surface area contributed by atoms with Crippen molar-refractivity contribution >= 4 is 33.7 Å². The molecular formula is C11H16BrN3O2. The predicted molar refractivity (Wildman–Crippen MR) is 71.0 cm³/mol. The summed E-state index contributed by atoms with van der Waals surface area (Å²) in [5.74, 6) is 0.776. The summed E-state index contributed by atoms with van der Waals surface area (Å²) in [6, 6.07) is 3.42. The molecule has 1 aromatic rings. The van der Waals surface area contributed by atoms with Crippen molar-refractivity contribution in [3.8, 4) is 0 Å². The van der Waals surface area contributed by atoms with Gasteiger partial charge >= 0.3 is 6.09 Å². The average molecular weight is 302 g/mol. The van der Waals surface area contributed by atoms with E-state index in [-0.39, 0.29) is 0 Å². The molecule has 0 spiro atoms. The average Bonchev–Trinajstić information content (AvgIpc) is 2.18. The lowest BCUT2D eigenvalue weighted by atomic mass is 10.2. The molecule has 0 aliphatic carbocycles. The van der Waals surface area contributed by atoms with E-state index in [4.69, 9.17) is 10.5 Å². The van der Waals surface area contributed by atoms with Crippen molar-refractivity contribution in [2.75, 3.05) is 17.7 Å². The fraction of sp³-hybridized carbons (Fsp3) is 0.455. The van der Waals surface area contributed by atoms with Gasteiger partial charge in [-0.3, -0.25) is 4.90 Å². The number of aromatic nitrogens is 1. The van der Waals surface area contributed by atoms with Gasteiger partial charge in [0, 0.05) is 7.05 Å². The highest BCUT2D eigenvalue weighted by Gasteiger charge is 2.21. The highest BCUT2D eigenvalue weighted by atomic mass is 79.9. The lowest BCUT2D eigenvalue weighted by molar-refractivity contribution is 0.0588. The number of amides is 1. The molecular weight excluding hydrogens is 286 g/mol. The Bertz CT molecular complexity index is 429. The quantitative estimate of drug-likeness (QED) is 0.866. The number of nitrogens with two attached hydrogens (primary N) is 1. The van der Waals surface area contributed by atoms with Gasteiger partial charge in [0.1, 0.15) is 17.2 Å². The van der Waals surface area contributed by atoms with Gasteiger partial charge in [0.05, 0.1) is 4.47 Å².